The van der Waals surface area contributed by atoms with E-state index in [4.69, 9.17) is 4.74 Å². The molecule has 0 unspecified atom stereocenters. The summed E-state index contributed by atoms with van der Waals surface area (Å²) in [6.07, 6.45) is 0. The van der Waals surface area contributed by atoms with Crippen molar-refractivity contribution in [3.8, 4) is 23.0 Å². The summed E-state index contributed by atoms with van der Waals surface area (Å²) in [4.78, 5) is 0. The van der Waals surface area contributed by atoms with Crippen LogP contribution in [0.4, 0.5) is 0 Å². The molecule has 2 aromatic carbocycles. The number of hydrogen-bond acceptors (Lipinski definition) is 3. The Morgan fingerprint density at radius 3 is 2.16 bits per heavy atom. The second-order valence-electron chi connectivity index (χ2n) is 5.50. The fourth-order valence-electron chi connectivity index (χ4n) is 1.88. The molecule has 0 radical (unpaired) electrons. The minimum atomic E-state index is -0.127. The molecule has 0 aliphatic rings. The Balaban J connectivity index is 2.29. The van der Waals surface area contributed by atoms with E-state index in [2.05, 4.69) is 0 Å². The van der Waals surface area contributed by atoms with Crippen LogP contribution in [0.2, 0.25) is 0 Å². The smallest absolute Gasteiger partial charge is 0.169 e. The van der Waals surface area contributed by atoms with Gasteiger partial charge >= 0.3 is 0 Å². The molecule has 0 bridgehead atoms. The number of aromatic hydroxyl groups is 2. The fraction of sp³-hybridized carbons (Fsp3) is 0.250. The minimum Gasteiger partial charge on any atom is -0.508 e. The summed E-state index contributed by atoms with van der Waals surface area (Å²) in [7, 11) is 0. The van der Waals surface area contributed by atoms with Gasteiger partial charge in [-0.2, -0.15) is 0 Å². The van der Waals surface area contributed by atoms with Gasteiger partial charge in [-0.1, -0.05) is 39.0 Å². The lowest BCUT2D eigenvalue weighted by molar-refractivity contribution is 0.404. The van der Waals surface area contributed by atoms with Gasteiger partial charge in [0.15, 0.2) is 11.5 Å². The van der Waals surface area contributed by atoms with Crippen molar-refractivity contribution in [3.05, 3.63) is 48.0 Å². The van der Waals surface area contributed by atoms with Crippen molar-refractivity contribution in [3.63, 3.8) is 0 Å². The maximum atomic E-state index is 10.0. The largest absolute Gasteiger partial charge is 0.508 e. The van der Waals surface area contributed by atoms with E-state index >= 15 is 0 Å². The van der Waals surface area contributed by atoms with Gasteiger partial charge in [-0.25, -0.2) is 0 Å². The molecule has 0 saturated heterocycles. The average Bonchev–Trinajstić information content (AvgIpc) is 2.30. The molecular formula is C16H18O3. The van der Waals surface area contributed by atoms with Crippen molar-refractivity contribution >= 4 is 0 Å². The Bertz CT molecular complexity index is 583. The molecular weight excluding hydrogens is 240 g/mol. The first-order chi connectivity index (χ1) is 8.88. The Labute approximate surface area is 113 Å². The summed E-state index contributed by atoms with van der Waals surface area (Å²) in [6, 6.07) is 11.9. The molecule has 0 aromatic heterocycles. The zero-order valence-corrected chi connectivity index (χ0v) is 11.3. The third-order valence-corrected chi connectivity index (χ3v) is 2.87. The zero-order chi connectivity index (χ0) is 14.0. The quantitative estimate of drug-likeness (QED) is 0.849. The number of ether oxygens (including phenoxy) is 1. The highest BCUT2D eigenvalue weighted by atomic mass is 16.5. The lowest BCUT2D eigenvalue weighted by atomic mass is 9.86. The van der Waals surface area contributed by atoms with Gasteiger partial charge in [-0.15, -0.1) is 0 Å². The molecule has 0 fully saturated rings. The van der Waals surface area contributed by atoms with Crippen molar-refractivity contribution in [1.29, 1.82) is 0 Å². The van der Waals surface area contributed by atoms with E-state index in [9.17, 15) is 10.2 Å². The third kappa shape index (κ3) is 2.99. The average molecular weight is 258 g/mol. The van der Waals surface area contributed by atoms with Gasteiger partial charge in [-0.05, 0) is 29.2 Å². The van der Waals surface area contributed by atoms with Gasteiger partial charge < -0.3 is 14.9 Å². The molecule has 0 saturated carbocycles. The highest BCUT2D eigenvalue weighted by molar-refractivity contribution is 5.46. The van der Waals surface area contributed by atoms with Crippen LogP contribution in [0.3, 0.4) is 0 Å². The third-order valence-electron chi connectivity index (χ3n) is 2.87. The number of phenolic OH excluding ortho intramolecular Hbond substituents is 2. The van der Waals surface area contributed by atoms with E-state index in [0.717, 1.165) is 5.56 Å². The van der Waals surface area contributed by atoms with Crippen molar-refractivity contribution in [2.45, 2.75) is 26.2 Å². The van der Waals surface area contributed by atoms with Crippen LogP contribution in [0.1, 0.15) is 26.3 Å². The second-order valence-corrected chi connectivity index (χ2v) is 5.50. The van der Waals surface area contributed by atoms with Gasteiger partial charge in [-0.3, -0.25) is 0 Å². The lowest BCUT2D eigenvalue weighted by Gasteiger charge is -2.20. The van der Waals surface area contributed by atoms with Crippen molar-refractivity contribution < 1.29 is 14.9 Å². The molecule has 100 valence electrons. The Morgan fingerprint density at radius 2 is 1.58 bits per heavy atom. The van der Waals surface area contributed by atoms with Gasteiger partial charge in [0.05, 0.1) is 0 Å². The van der Waals surface area contributed by atoms with Crippen LogP contribution in [0.25, 0.3) is 0 Å². The highest BCUT2D eigenvalue weighted by Crippen LogP contribution is 2.36. The zero-order valence-electron chi connectivity index (χ0n) is 11.3. The molecule has 3 heteroatoms. The van der Waals surface area contributed by atoms with E-state index < -0.39 is 0 Å². The van der Waals surface area contributed by atoms with Gasteiger partial charge in [0.25, 0.3) is 0 Å². The van der Waals surface area contributed by atoms with Crippen LogP contribution in [0.5, 0.6) is 23.0 Å². The molecule has 19 heavy (non-hydrogen) atoms. The molecule has 0 aliphatic heterocycles. The summed E-state index contributed by atoms with van der Waals surface area (Å²) < 4.78 is 5.55. The molecule has 2 aromatic rings. The number of rotatable bonds is 2. The predicted molar refractivity (Wildman–Crippen MR) is 75.0 cm³/mol. The maximum Gasteiger partial charge on any atom is 0.169 e. The number of phenols is 2. The van der Waals surface area contributed by atoms with Gasteiger partial charge in [0.1, 0.15) is 11.5 Å². The van der Waals surface area contributed by atoms with E-state index in [1.165, 1.54) is 0 Å². The SMILES string of the molecule is CC(C)(C)c1ccc(Oc2ccccc2O)cc1O. The molecule has 0 aliphatic carbocycles. The first-order valence-electron chi connectivity index (χ1n) is 6.17. The Morgan fingerprint density at radius 1 is 0.895 bits per heavy atom. The molecule has 2 N–H and O–H groups in total. The van der Waals surface area contributed by atoms with Crippen molar-refractivity contribution in [2.24, 2.45) is 0 Å². The summed E-state index contributed by atoms with van der Waals surface area (Å²) in [6.45, 7) is 6.10. The fourth-order valence-corrected chi connectivity index (χ4v) is 1.88. The molecule has 2 rings (SSSR count). The molecule has 0 heterocycles. The highest BCUT2D eigenvalue weighted by Gasteiger charge is 2.18. The van der Waals surface area contributed by atoms with Crippen LogP contribution >= 0.6 is 0 Å². The summed E-state index contributed by atoms with van der Waals surface area (Å²) in [5.41, 5.74) is 0.731. The standard InChI is InChI=1S/C16H18O3/c1-16(2,3)12-9-8-11(10-14(12)18)19-15-7-5-4-6-13(15)17/h4-10,17-18H,1-3H3. The van der Waals surface area contributed by atoms with Crippen molar-refractivity contribution in [1.82, 2.24) is 0 Å². The topological polar surface area (TPSA) is 49.7 Å². The van der Waals surface area contributed by atoms with E-state index in [1.807, 2.05) is 26.8 Å². The summed E-state index contributed by atoms with van der Waals surface area (Å²) in [5, 5.41) is 19.7. The van der Waals surface area contributed by atoms with E-state index in [-0.39, 0.29) is 16.9 Å². The van der Waals surface area contributed by atoms with Crippen LogP contribution in [0, 0.1) is 0 Å². The second kappa shape index (κ2) is 4.84. The maximum absolute atomic E-state index is 10.0. The lowest BCUT2D eigenvalue weighted by Crippen LogP contribution is -2.11. The number of benzene rings is 2. The normalized spacial score (nSPS) is 11.3. The Hall–Kier alpha value is -2.16. The van der Waals surface area contributed by atoms with Gasteiger partial charge in [0, 0.05) is 6.07 Å². The van der Waals surface area contributed by atoms with Crippen LogP contribution in [-0.4, -0.2) is 10.2 Å². The first-order valence-corrected chi connectivity index (χ1v) is 6.17. The molecule has 0 atom stereocenters. The molecule has 0 spiro atoms. The first kappa shape index (κ1) is 13.3. The number of hydrogen-bond donors (Lipinski definition) is 2. The minimum absolute atomic E-state index is 0.0712. The van der Waals surface area contributed by atoms with Crippen LogP contribution in [-0.2, 0) is 5.41 Å². The van der Waals surface area contributed by atoms with E-state index in [1.54, 1.807) is 36.4 Å². The molecule has 3 nitrogen and oxygen atoms in total. The monoisotopic (exact) mass is 258 g/mol. The van der Waals surface area contributed by atoms with E-state index in [0.29, 0.717) is 11.5 Å². The summed E-state index contributed by atoms with van der Waals surface area (Å²) in [5.74, 6) is 1.12. The number of para-hydroxylation sites is 2. The van der Waals surface area contributed by atoms with Crippen LogP contribution < -0.4 is 4.74 Å². The molecule has 0 amide bonds. The van der Waals surface area contributed by atoms with Gasteiger partial charge in [0.2, 0.25) is 0 Å². The van der Waals surface area contributed by atoms with Crippen molar-refractivity contribution in [2.75, 3.05) is 0 Å². The Kier molecular flexibility index (Phi) is 3.38. The predicted octanol–water partition coefficient (Wildman–Crippen LogP) is 4.19. The van der Waals surface area contributed by atoms with Crippen LogP contribution in [0.15, 0.2) is 42.5 Å². The summed E-state index contributed by atoms with van der Waals surface area (Å²) >= 11 is 0.